The number of likely N-dealkylation sites (tertiary alicyclic amines) is 1. The van der Waals surface area contributed by atoms with Crippen molar-refractivity contribution in [3.63, 3.8) is 0 Å². The highest BCUT2D eigenvalue weighted by Gasteiger charge is 2.20. The fourth-order valence-corrected chi connectivity index (χ4v) is 3.61. The Bertz CT molecular complexity index is 724. The molecule has 0 spiro atoms. The fourth-order valence-electron chi connectivity index (χ4n) is 2.90. The lowest BCUT2D eigenvalue weighted by Crippen LogP contribution is -2.32. The summed E-state index contributed by atoms with van der Waals surface area (Å²) in [5.41, 5.74) is 1.34. The van der Waals surface area contributed by atoms with E-state index in [9.17, 15) is 4.79 Å². The summed E-state index contributed by atoms with van der Waals surface area (Å²) < 4.78 is 10.5. The number of ether oxygens (including phenoxy) is 2. The molecule has 1 aromatic heterocycles. The van der Waals surface area contributed by atoms with E-state index >= 15 is 0 Å². The SMILES string of the molecule is COc1ccc(Nc2nc(C(=O)N3CCCCCC3)cs2)cc1OC. The van der Waals surface area contributed by atoms with Crippen LogP contribution < -0.4 is 14.8 Å². The van der Waals surface area contributed by atoms with Crippen LogP contribution in [0.4, 0.5) is 10.8 Å². The molecule has 7 heteroatoms. The predicted octanol–water partition coefficient (Wildman–Crippen LogP) is 3.92. The van der Waals surface area contributed by atoms with Crippen molar-refractivity contribution in [1.82, 2.24) is 9.88 Å². The number of nitrogens with one attached hydrogen (secondary N) is 1. The molecule has 0 saturated carbocycles. The van der Waals surface area contributed by atoms with E-state index in [2.05, 4.69) is 10.3 Å². The molecule has 1 N–H and O–H groups in total. The van der Waals surface area contributed by atoms with E-state index in [0.717, 1.165) is 31.6 Å². The molecule has 0 radical (unpaired) electrons. The Morgan fingerprint density at radius 2 is 1.84 bits per heavy atom. The standard InChI is InChI=1S/C18H23N3O3S/c1-23-15-8-7-13(11-16(15)24-2)19-18-20-14(12-25-18)17(22)21-9-5-3-4-6-10-21/h7-8,11-12H,3-6,9-10H2,1-2H3,(H,19,20). The first-order chi connectivity index (χ1) is 12.2. The van der Waals surface area contributed by atoms with Gasteiger partial charge in [0.25, 0.3) is 5.91 Å². The lowest BCUT2D eigenvalue weighted by molar-refractivity contribution is 0.0756. The first-order valence-corrected chi connectivity index (χ1v) is 9.33. The molecule has 0 unspecified atom stereocenters. The van der Waals surface area contributed by atoms with Crippen molar-refractivity contribution in [2.45, 2.75) is 25.7 Å². The minimum Gasteiger partial charge on any atom is -0.493 e. The van der Waals surface area contributed by atoms with Crippen molar-refractivity contribution in [2.24, 2.45) is 0 Å². The van der Waals surface area contributed by atoms with Crippen LogP contribution in [0.1, 0.15) is 36.2 Å². The number of hydrogen-bond acceptors (Lipinski definition) is 6. The number of anilines is 2. The highest BCUT2D eigenvalue weighted by atomic mass is 32.1. The Labute approximate surface area is 151 Å². The lowest BCUT2D eigenvalue weighted by Gasteiger charge is -2.18. The molecule has 1 saturated heterocycles. The number of carbonyl (C=O) groups excluding carboxylic acids is 1. The third-order valence-corrected chi connectivity index (χ3v) is 5.01. The monoisotopic (exact) mass is 361 g/mol. The van der Waals surface area contributed by atoms with E-state index in [1.54, 1.807) is 14.2 Å². The van der Waals surface area contributed by atoms with Gasteiger partial charge in [-0.05, 0) is 25.0 Å². The molecule has 1 fully saturated rings. The van der Waals surface area contributed by atoms with Crippen LogP contribution in [0.2, 0.25) is 0 Å². The number of carbonyl (C=O) groups is 1. The van der Waals surface area contributed by atoms with Gasteiger partial charge >= 0.3 is 0 Å². The summed E-state index contributed by atoms with van der Waals surface area (Å²) >= 11 is 1.42. The van der Waals surface area contributed by atoms with Gasteiger partial charge in [0.1, 0.15) is 5.69 Å². The summed E-state index contributed by atoms with van der Waals surface area (Å²) in [5.74, 6) is 1.34. The van der Waals surface area contributed by atoms with Gasteiger partial charge in [-0.3, -0.25) is 4.79 Å². The molecular weight excluding hydrogens is 338 g/mol. The maximum absolute atomic E-state index is 12.6. The summed E-state index contributed by atoms with van der Waals surface area (Å²) in [6.07, 6.45) is 4.55. The topological polar surface area (TPSA) is 63.7 Å². The minimum absolute atomic E-state index is 0.0264. The number of amides is 1. The van der Waals surface area contributed by atoms with Gasteiger partial charge in [-0.15, -0.1) is 11.3 Å². The third-order valence-electron chi connectivity index (χ3n) is 4.25. The van der Waals surface area contributed by atoms with E-state index in [1.807, 2.05) is 28.5 Å². The maximum atomic E-state index is 12.6. The molecule has 1 aliphatic rings. The normalized spacial score (nSPS) is 14.7. The van der Waals surface area contributed by atoms with Crippen LogP contribution in [0, 0.1) is 0 Å². The van der Waals surface area contributed by atoms with Gasteiger partial charge in [0, 0.05) is 30.2 Å². The van der Waals surface area contributed by atoms with Crippen LogP contribution in [-0.4, -0.2) is 43.1 Å². The van der Waals surface area contributed by atoms with E-state index in [0.29, 0.717) is 22.3 Å². The van der Waals surface area contributed by atoms with Crippen molar-refractivity contribution in [3.8, 4) is 11.5 Å². The third kappa shape index (κ3) is 4.22. The number of aromatic nitrogens is 1. The summed E-state index contributed by atoms with van der Waals surface area (Å²) in [6.45, 7) is 1.66. The molecule has 0 atom stereocenters. The largest absolute Gasteiger partial charge is 0.493 e. The summed E-state index contributed by atoms with van der Waals surface area (Å²) in [4.78, 5) is 19.0. The van der Waals surface area contributed by atoms with Gasteiger partial charge in [-0.1, -0.05) is 12.8 Å². The number of thiazole rings is 1. The summed E-state index contributed by atoms with van der Waals surface area (Å²) in [7, 11) is 3.20. The highest BCUT2D eigenvalue weighted by Crippen LogP contribution is 2.31. The van der Waals surface area contributed by atoms with Crippen molar-refractivity contribution in [2.75, 3.05) is 32.6 Å². The molecule has 1 aliphatic heterocycles. The first-order valence-electron chi connectivity index (χ1n) is 8.45. The Balaban J connectivity index is 1.70. The zero-order chi connectivity index (χ0) is 17.6. The lowest BCUT2D eigenvalue weighted by atomic mass is 10.2. The number of rotatable bonds is 5. The average Bonchev–Trinajstić information content (AvgIpc) is 2.93. The zero-order valence-corrected chi connectivity index (χ0v) is 15.4. The molecule has 6 nitrogen and oxygen atoms in total. The Hall–Kier alpha value is -2.28. The van der Waals surface area contributed by atoms with Crippen LogP contribution in [0.5, 0.6) is 11.5 Å². The summed E-state index contributed by atoms with van der Waals surface area (Å²) in [6, 6.07) is 5.56. The Kier molecular flexibility index (Phi) is 5.75. The Morgan fingerprint density at radius 1 is 1.12 bits per heavy atom. The predicted molar refractivity (Wildman–Crippen MR) is 99.3 cm³/mol. The van der Waals surface area contributed by atoms with E-state index in [4.69, 9.17) is 9.47 Å². The number of methoxy groups -OCH3 is 2. The number of hydrogen-bond donors (Lipinski definition) is 1. The molecule has 2 heterocycles. The maximum Gasteiger partial charge on any atom is 0.273 e. The van der Waals surface area contributed by atoms with Crippen LogP contribution >= 0.6 is 11.3 Å². The molecule has 1 aromatic carbocycles. The molecule has 1 amide bonds. The van der Waals surface area contributed by atoms with E-state index < -0.39 is 0 Å². The molecule has 25 heavy (non-hydrogen) atoms. The Morgan fingerprint density at radius 3 is 2.52 bits per heavy atom. The molecule has 3 rings (SSSR count). The number of nitrogens with zero attached hydrogens (tertiary/aromatic N) is 2. The first kappa shape index (κ1) is 17.5. The van der Waals surface area contributed by atoms with Crippen molar-refractivity contribution >= 4 is 28.1 Å². The van der Waals surface area contributed by atoms with Crippen LogP contribution in [-0.2, 0) is 0 Å². The van der Waals surface area contributed by atoms with Gasteiger partial charge in [0.05, 0.1) is 14.2 Å². The molecule has 0 bridgehead atoms. The molecule has 134 valence electrons. The van der Waals surface area contributed by atoms with Crippen molar-refractivity contribution < 1.29 is 14.3 Å². The molecule has 2 aromatic rings. The number of benzene rings is 1. The second kappa shape index (κ2) is 8.20. The van der Waals surface area contributed by atoms with E-state index in [-0.39, 0.29) is 5.91 Å². The highest BCUT2D eigenvalue weighted by molar-refractivity contribution is 7.14. The molecular formula is C18H23N3O3S. The smallest absolute Gasteiger partial charge is 0.273 e. The van der Waals surface area contributed by atoms with E-state index in [1.165, 1.54) is 24.2 Å². The van der Waals surface area contributed by atoms with Gasteiger partial charge in [0.15, 0.2) is 16.6 Å². The van der Waals surface area contributed by atoms with Gasteiger partial charge in [0.2, 0.25) is 0 Å². The van der Waals surface area contributed by atoms with Gasteiger partial charge in [-0.25, -0.2) is 4.98 Å². The van der Waals surface area contributed by atoms with Gasteiger partial charge < -0.3 is 19.7 Å². The summed E-state index contributed by atoms with van der Waals surface area (Å²) in [5, 5.41) is 5.72. The average molecular weight is 361 g/mol. The second-order valence-electron chi connectivity index (χ2n) is 5.94. The fraction of sp³-hybridized carbons (Fsp3) is 0.444. The van der Waals surface area contributed by atoms with Crippen LogP contribution in [0.25, 0.3) is 0 Å². The second-order valence-corrected chi connectivity index (χ2v) is 6.80. The van der Waals surface area contributed by atoms with Crippen molar-refractivity contribution in [3.05, 3.63) is 29.3 Å². The quantitative estimate of drug-likeness (QED) is 0.874. The molecule has 0 aliphatic carbocycles. The van der Waals surface area contributed by atoms with Crippen molar-refractivity contribution in [1.29, 1.82) is 0 Å². The zero-order valence-electron chi connectivity index (χ0n) is 14.6. The van der Waals surface area contributed by atoms with Crippen LogP contribution in [0.15, 0.2) is 23.6 Å². The van der Waals surface area contributed by atoms with Crippen LogP contribution in [0.3, 0.4) is 0 Å². The van der Waals surface area contributed by atoms with Gasteiger partial charge in [-0.2, -0.15) is 0 Å². The minimum atomic E-state index is 0.0264.